The number of aryl methyl sites for hydroxylation is 2. The van der Waals surface area contributed by atoms with E-state index in [1.807, 2.05) is 26.8 Å². The summed E-state index contributed by atoms with van der Waals surface area (Å²) in [4.78, 5) is 2.39. The molecule has 1 atom stereocenters. The SMILES string of the molecule is Cc1cc(C(C)NS(=O)(=O)C(C)C)c(C)s1. The van der Waals surface area contributed by atoms with Crippen LogP contribution in [0.15, 0.2) is 6.07 Å². The Balaban J connectivity index is 2.89. The van der Waals surface area contributed by atoms with E-state index in [1.54, 1.807) is 25.2 Å². The van der Waals surface area contributed by atoms with Crippen molar-refractivity contribution in [2.24, 2.45) is 0 Å². The molecule has 1 rings (SSSR count). The predicted molar refractivity (Wildman–Crippen MR) is 69.4 cm³/mol. The average molecular weight is 261 g/mol. The fourth-order valence-electron chi connectivity index (χ4n) is 1.53. The van der Waals surface area contributed by atoms with Gasteiger partial charge in [0.15, 0.2) is 0 Å². The van der Waals surface area contributed by atoms with Gasteiger partial charge in [0, 0.05) is 15.8 Å². The van der Waals surface area contributed by atoms with Crippen molar-refractivity contribution in [3.8, 4) is 0 Å². The van der Waals surface area contributed by atoms with Crippen LogP contribution in [0, 0.1) is 13.8 Å². The Bertz CT molecular complexity index is 460. The molecule has 0 bridgehead atoms. The standard InChI is InChI=1S/C11H19NO2S2/c1-7(2)16(13,14)12-9(4)11-6-8(3)15-10(11)5/h6-7,9,12H,1-5H3. The summed E-state index contributed by atoms with van der Waals surface area (Å²) in [5.74, 6) is 0. The van der Waals surface area contributed by atoms with Crippen molar-refractivity contribution in [1.82, 2.24) is 4.72 Å². The molecule has 1 N–H and O–H groups in total. The smallest absolute Gasteiger partial charge is 0.212 e. The van der Waals surface area contributed by atoms with E-state index < -0.39 is 15.3 Å². The minimum absolute atomic E-state index is 0.155. The molecule has 0 aliphatic heterocycles. The largest absolute Gasteiger partial charge is 0.214 e. The lowest BCUT2D eigenvalue weighted by atomic mass is 10.1. The molecule has 1 aromatic heterocycles. The van der Waals surface area contributed by atoms with Crippen LogP contribution in [0.25, 0.3) is 0 Å². The van der Waals surface area contributed by atoms with Crippen LogP contribution < -0.4 is 4.72 Å². The van der Waals surface area contributed by atoms with Crippen molar-refractivity contribution in [3.63, 3.8) is 0 Å². The van der Waals surface area contributed by atoms with Crippen LogP contribution in [-0.2, 0) is 10.0 Å². The highest BCUT2D eigenvalue weighted by Gasteiger charge is 2.21. The van der Waals surface area contributed by atoms with E-state index in [2.05, 4.69) is 4.72 Å². The Morgan fingerprint density at radius 2 is 1.81 bits per heavy atom. The Morgan fingerprint density at radius 3 is 2.19 bits per heavy atom. The molecule has 0 fully saturated rings. The molecular formula is C11H19NO2S2. The second-order valence-electron chi connectivity index (χ2n) is 4.30. The molecule has 16 heavy (non-hydrogen) atoms. The second-order valence-corrected chi connectivity index (χ2v) is 8.03. The lowest BCUT2D eigenvalue weighted by Gasteiger charge is -2.16. The zero-order chi connectivity index (χ0) is 12.5. The number of thiophene rings is 1. The first-order chi connectivity index (χ1) is 7.24. The van der Waals surface area contributed by atoms with Gasteiger partial charge >= 0.3 is 0 Å². The van der Waals surface area contributed by atoms with Crippen LogP contribution in [0.2, 0.25) is 0 Å². The quantitative estimate of drug-likeness (QED) is 0.906. The van der Waals surface area contributed by atoms with Gasteiger partial charge in [-0.25, -0.2) is 13.1 Å². The lowest BCUT2D eigenvalue weighted by molar-refractivity contribution is 0.558. The number of rotatable bonds is 4. The molecule has 0 aromatic carbocycles. The molecule has 0 aliphatic rings. The summed E-state index contributed by atoms with van der Waals surface area (Å²) in [6.45, 7) is 9.30. The predicted octanol–water partition coefficient (Wildman–Crippen LogP) is 2.75. The molecular weight excluding hydrogens is 242 g/mol. The average Bonchev–Trinajstić information content (AvgIpc) is 2.44. The van der Waals surface area contributed by atoms with Crippen LogP contribution >= 0.6 is 11.3 Å². The van der Waals surface area contributed by atoms with E-state index in [0.29, 0.717) is 0 Å². The molecule has 1 unspecified atom stereocenters. The van der Waals surface area contributed by atoms with Crippen molar-refractivity contribution in [3.05, 3.63) is 21.4 Å². The van der Waals surface area contributed by atoms with Gasteiger partial charge in [0.05, 0.1) is 5.25 Å². The van der Waals surface area contributed by atoms with Crippen molar-refractivity contribution in [2.45, 2.75) is 45.9 Å². The third-order valence-electron chi connectivity index (χ3n) is 2.51. The first-order valence-electron chi connectivity index (χ1n) is 5.32. The Labute approximate surface area is 102 Å². The monoisotopic (exact) mass is 261 g/mol. The lowest BCUT2D eigenvalue weighted by Crippen LogP contribution is -2.32. The molecule has 0 spiro atoms. The van der Waals surface area contributed by atoms with Gasteiger partial charge in [0.1, 0.15) is 0 Å². The molecule has 92 valence electrons. The zero-order valence-electron chi connectivity index (χ0n) is 10.4. The van der Waals surface area contributed by atoms with Crippen LogP contribution in [0.5, 0.6) is 0 Å². The van der Waals surface area contributed by atoms with E-state index in [1.165, 1.54) is 9.75 Å². The van der Waals surface area contributed by atoms with E-state index >= 15 is 0 Å². The van der Waals surface area contributed by atoms with E-state index in [4.69, 9.17) is 0 Å². The molecule has 1 heterocycles. The van der Waals surface area contributed by atoms with Gasteiger partial charge in [0.25, 0.3) is 0 Å². The van der Waals surface area contributed by atoms with Gasteiger partial charge in [-0.1, -0.05) is 0 Å². The van der Waals surface area contributed by atoms with Crippen LogP contribution in [0.1, 0.15) is 42.1 Å². The number of hydrogen-bond donors (Lipinski definition) is 1. The molecule has 1 aromatic rings. The summed E-state index contributed by atoms with van der Waals surface area (Å²) >= 11 is 1.70. The van der Waals surface area contributed by atoms with Crippen molar-refractivity contribution in [1.29, 1.82) is 0 Å². The third-order valence-corrected chi connectivity index (χ3v) is 5.41. The highest BCUT2D eigenvalue weighted by Crippen LogP contribution is 2.26. The maximum atomic E-state index is 11.7. The highest BCUT2D eigenvalue weighted by molar-refractivity contribution is 7.90. The first kappa shape index (κ1) is 13.7. The van der Waals surface area contributed by atoms with Gasteiger partial charge in [-0.2, -0.15) is 0 Å². The minimum Gasteiger partial charge on any atom is -0.212 e. The molecule has 0 aliphatic carbocycles. The minimum atomic E-state index is -3.20. The number of hydrogen-bond acceptors (Lipinski definition) is 3. The Hall–Kier alpha value is -0.390. The fraction of sp³-hybridized carbons (Fsp3) is 0.636. The second kappa shape index (κ2) is 4.85. The molecule has 0 saturated carbocycles. The van der Waals surface area contributed by atoms with E-state index in [-0.39, 0.29) is 6.04 Å². The maximum absolute atomic E-state index is 11.7. The topological polar surface area (TPSA) is 46.2 Å². The Morgan fingerprint density at radius 1 is 1.25 bits per heavy atom. The summed E-state index contributed by atoms with van der Waals surface area (Å²) in [5, 5.41) is -0.394. The van der Waals surface area contributed by atoms with Crippen molar-refractivity contribution in [2.75, 3.05) is 0 Å². The van der Waals surface area contributed by atoms with Gasteiger partial charge < -0.3 is 0 Å². The summed E-state index contributed by atoms with van der Waals surface area (Å²) in [6.07, 6.45) is 0. The fourth-order valence-corrected chi connectivity index (χ4v) is 3.44. The maximum Gasteiger partial charge on any atom is 0.214 e. The van der Waals surface area contributed by atoms with Gasteiger partial charge in [-0.3, -0.25) is 0 Å². The summed E-state index contributed by atoms with van der Waals surface area (Å²) < 4.78 is 26.2. The molecule has 3 nitrogen and oxygen atoms in total. The first-order valence-corrected chi connectivity index (χ1v) is 7.68. The molecule has 5 heteroatoms. The molecule has 0 radical (unpaired) electrons. The Kier molecular flexibility index (Phi) is 4.15. The van der Waals surface area contributed by atoms with Crippen LogP contribution in [0.4, 0.5) is 0 Å². The van der Waals surface area contributed by atoms with E-state index in [9.17, 15) is 8.42 Å². The van der Waals surface area contributed by atoms with Gasteiger partial charge in [-0.15, -0.1) is 11.3 Å². The third kappa shape index (κ3) is 3.06. The van der Waals surface area contributed by atoms with Gasteiger partial charge in [-0.05, 0) is 46.2 Å². The van der Waals surface area contributed by atoms with Crippen molar-refractivity contribution >= 4 is 21.4 Å². The number of nitrogens with one attached hydrogen (secondary N) is 1. The normalized spacial score (nSPS) is 14.4. The van der Waals surface area contributed by atoms with E-state index in [0.717, 1.165) is 5.56 Å². The molecule has 0 saturated heterocycles. The zero-order valence-corrected chi connectivity index (χ0v) is 12.0. The highest BCUT2D eigenvalue weighted by atomic mass is 32.2. The summed E-state index contributed by atoms with van der Waals surface area (Å²) in [6, 6.07) is 1.89. The summed E-state index contributed by atoms with van der Waals surface area (Å²) in [7, 11) is -3.20. The molecule has 0 amide bonds. The van der Waals surface area contributed by atoms with Crippen LogP contribution in [0.3, 0.4) is 0 Å². The number of sulfonamides is 1. The van der Waals surface area contributed by atoms with Gasteiger partial charge in [0.2, 0.25) is 10.0 Å². The van der Waals surface area contributed by atoms with Crippen LogP contribution in [-0.4, -0.2) is 13.7 Å². The van der Waals surface area contributed by atoms with Crippen molar-refractivity contribution < 1.29 is 8.42 Å². The summed E-state index contributed by atoms with van der Waals surface area (Å²) in [5.41, 5.74) is 1.08.